The van der Waals surface area contributed by atoms with Crippen molar-refractivity contribution in [3.63, 3.8) is 0 Å². The zero-order valence-corrected chi connectivity index (χ0v) is 20.9. The van der Waals surface area contributed by atoms with Crippen LogP contribution in [0.5, 0.6) is 17.2 Å². The van der Waals surface area contributed by atoms with E-state index in [1.54, 1.807) is 6.08 Å². The summed E-state index contributed by atoms with van der Waals surface area (Å²) in [5, 5.41) is 2.25. The molecule has 3 fully saturated rings. The summed E-state index contributed by atoms with van der Waals surface area (Å²) >= 11 is 0. The van der Waals surface area contributed by atoms with Crippen molar-refractivity contribution in [1.29, 1.82) is 0 Å². The van der Waals surface area contributed by atoms with E-state index in [1.807, 2.05) is 36.4 Å². The molecule has 3 aromatic carbocycles. The molecule has 8 rings (SSSR count). The number of ketones is 1. The van der Waals surface area contributed by atoms with Gasteiger partial charge in [0.1, 0.15) is 55.4 Å². The van der Waals surface area contributed by atoms with Gasteiger partial charge in [-0.3, -0.25) is 4.79 Å². The molecular weight excluding hydrogens is 484 g/mol. The lowest BCUT2D eigenvalue weighted by molar-refractivity contribution is -0.120. The van der Waals surface area contributed by atoms with E-state index in [0.29, 0.717) is 32.7 Å². The predicted molar refractivity (Wildman–Crippen MR) is 139 cm³/mol. The molecule has 5 aliphatic rings. The number of epoxide rings is 3. The molecule has 194 valence electrons. The molecule has 3 aliphatic heterocycles. The van der Waals surface area contributed by atoms with E-state index in [2.05, 4.69) is 12.1 Å². The zero-order valence-electron chi connectivity index (χ0n) is 20.9. The Bertz CT molecular complexity index is 1420. The monoisotopic (exact) mass is 512 g/mol. The van der Waals surface area contributed by atoms with Crippen LogP contribution in [0.2, 0.25) is 0 Å². The van der Waals surface area contributed by atoms with Crippen molar-refractivity contribution in [2.45, 2.75) is 36.6 Å². The average molecular weight is 513 g/mol. The molecule has 3 atom stereocenters. The van der Waals surface area contributed by atoms with Crippen molar-refractivity contribution in [3.05, 3.63) is 70.8 Å². The summed E-state index contributed by atoms with van der Waals surface area (Å²) in [5.74, 6) is 2.45. The maximum atomic E-state index is 14.0. The van der Waals surface area contributed by atoms with Gasteiger partial charge in [0, 0.05) is 11.1 Å². The molecule has 38 heavy (non-hydrogen) atoms. The minimum Gasteiger partial charge on any atom is -0.491 e. The molecule has 0 amide bonds. The standard InChI is InChI=1S/C31H28O7/c32-29-8-4-18-1-5-20(33-12-21-13-34-21)9-26(18)31(29)10-24-27(37-16-22-14-35-22)6-2-19-3-7-28(25(11-31)30(19)24)38-17-23-15-36-23/h1-9,21-23H,10-17H2/t21-,22?,23?,31?/m1/s1. The highest BCUT2D eigenvalue weighted by atomic mass is 16.6. The summed E-state index contributed by atoms with van der Waals surface area (Å²) in [6, 6.07) is 14.3. The fourth-order valence-electron chi connectivity index (χ4n) is 5.87. The molecule has 1 spiro atoms. The fourth-order valence-corrected chi connectivity index (χ4v) is 5.87. The lowest BCUT2D eigenvalue weighted by Crippen LogP contribution is -2.43. The van der Waals surface area contributed by atoms with Gasteiger partial charge < -0.3 is 28.4 Å². The molecule has 3 heterocycles. The van der Waals surface area contributed by atoms with Crippen LogP contribution in [0.1, 0.15) is 22.3 Å². The van der Waals surface area contributed by atoms with Crippen molar-refractivity contribution in [1.82, 2.24) is 0 Å². The highest BCUT2D eigenvalue weighted by molar-refractivity contribution is 6.08. The first-order valence-corrected chi connectivity index (χ1v) is 13.3. The number of benzene rings is 3. The molecule has 0 bridgehead atoms. The third kappa shape index (κ3) is 3.97. The maximum absolute atomic E-state index is 14.0. The van der Waals surface area contributed by atoms with Crippen molar-refractivity contribution in [3.8, 4) is 17.2 Å². The number of fused-ring (bicyclic) bond motifs is 2. The van der Waals surface area contributed by atoms with E-state index >= 15 is 0 Å². The minimum atomic E-state index is -0.787. The highest BCUT2D eigenvalue weighted by Gasteiger charge is 2.47. The molecule has 0 radical (unpaired) electrons. The van der Waals surface area contributed by atoms with Gasteiger partial charge in [0.25, 0.3) is 0 Å². The molecule has 3 saturated heterocycles. The predicted octanol–water partition coefficient (Wildman–Crippen LogP) is 3.81. The van der Waals surface area contributed by atoms with Gasteiger partial charge in [-0.05, 0) is 65.1 Å². The van der Waals surface area contributed by atoms with Crippen molar-refractivity contribution >= 4 is 22.6 Å². The molecular formula is C31H28O7. The Morgan fingerprint density at radius 2 is 1.32 bits per heavy atom. The molecule has 3 aromatic rings. The molecule has 0 aromatic heterocycles. The van der Waals surface area contributed by atoms with Gasteiger partial charge in [0.05, 0.1) is 25.2 Å². The number of ether oxygens (including phenoxy) is 6. The topological polar surface area (TPSA) is 82.4 Å². The molecule has 2 aliphatic carbocycles. The Hall–Kier alpha value is -3.39. The SMILES string of the molecule is O=C1C=Cc2ccc(OC[C@@H]3CO3)cc2C12Cc1c(OCC3CO3)ccc3ccc(OCC4CO4)c(c13)C2. The van der Waals surface area contributed by atoms with Gasteiger partial charge in [-0.2, -0.15) is 0 Å². The van der Waals surface area contributed by atoms with E-state index in [-0.39, 0.29) is 24.1 Å². The summed E-state index contributed by atoms with van der Waals surface area (Å²) in [6.07, 6.45) is 5.16. The van der Waals surface area contributed by atoms with Crippen LogP contribution in [0.3, 0.4) is 0 Å². The number of rotatable bonds is 9. The number of carbonyl (C=O) groups is 1. The third-order valence-corrected chi connectivity index (χ3v) is 8.19. The molecule has 0 saturated carbocycles. The second kappa shape index (κ2) is 8.56. The summed E-state index contributed by atoms with van der Waals surface area (Å²) < 4.78 is 34.8. The second-order valence-corrected chi connectivity index (χ2v) is 10.9. The van der Waals surface area contributed by atoms with Crippen LogP contribution in [-0.2, 0) is 37.3 Å². The van der Waals surface area contributed by atoms with Gasteiger partial charge in [-0.25, -0.2) is 0 Å². The average Bonchev–Trinajstić information content (AvgIpc) is 3.79. The second-order valence-electron chi connectivity index (χ2n) is 10.9. The summed E-state index contributed by atoms with van der Waals surface area (Å²) in [6.45, 7) is 3.71. The Morgan fingerprint density at radius 1 is 0.737 bits per heavy atom. The van der Waals surface area contributed by atoms with Crippen LogP contribution in [0.25, 0.3) is 16.8 Å². The van der Waals surface area contributed by atoms with E-state index in [9.17, 15) is 4.79 Å². The van der Waals surface area contributed by atoms with E-state index in [4.69, 9.17) is 28.4 Å². The van der Waals surface area contributed by atoms with Crippen LogP contribution >= 0.6 is 0 Å². The molecule has 0 N–H and O–H groups in total. The van der Waals surface area contributed by atoms with Crippen LogP contribution < -0.4 is 14.2 Å². The van der Waals surface area contributed by atoms with Gasteiger partial charge in [0.15, 0.2) is 5.78 Å². The maximum Gasteiger partial charge on any atom is 0.166 e. The van der Waals surface area contributed by atoms with Crippen molar-refractivity contribution in [2.24, 2.45) is 0 Å². The van der Waals surface area contributed by atoms with Gasteiger partial charge in [0.2, 0.25) is 0 Å². The summed E-state index contributed by atoms with van der Waals surface area (Å²) in [7, 11) is 0. The summed E-state index contributed by atoms with van der Waals surface area (Å²) in [4.78, 5) is 14.0. The number of allylic oxidation sites excluding steroid dienone is 1. The van der Waals surface area contributed by atoms with E-state index < -0.39 is 5.41 Å². The third-order valence-electron chi connectivity index (χ3n) is 8.19. The van der Waals surface area contributed by atoms with Gasteiger partial charge >= 0.3 is 0 Å². The Kier molecular flexibility index (Phi) is 5.09. The van der Waals surface area contributed by atoms with Crippen molar-refractivity contribution in [2.75, 3.05) is 39.6 Å². The van der Waals surface area contributed by atoms with Crippen LogP contribution in [-0.4, -0.2) is 63.7 Å². The van der Waals surface area contributed by atoms with Gasteiger partial charge in [-0.15, -0.1) is 0 Å². The quantitative estimate of drug-likeness (QED) is 0.404. The zero-order chi connectivity index (χ0) is 25.3. The Labute approximate surface area is 220 Å². The molecule has 7 heteroatoms. The number of carbonyl (C=O) groups excluding carboxylic acids is 1. The Morgan fingerprint density at radius 3 is 1.89 bits per heavy atom. The first-order valence-electron chi connectivity index (χ1n) is 13.3. The molecule has 7 nitrogen and oxygen atoms in total. The van der Waals surface area contributed by atoms with E-state index in [0.717, 1.165) is 70.1 Å². The molecule has 2 unspecified atom stereocenters. The van der Waals surface area contributed by atoms with Gasteiger partial charge in [-0.1, -0.05) is 24.3 Å². The van der Waals surface area contributed by atoms with Crippen LogP contribution in [0.15, 0.2) is 48.5 Å². The number of hydrogen-bond acceptors (Lipinski definition) is 7. The minimum absolute atomic E-state index is 0.0899. The largest absolute Gasteiger partial charge is 0.491 e. The summed E-state index contributed by atoms with van der Waals surface area (Å²) in [5.41, 5.74) is 3.33. The van der Waals surface area contributed by atoms with E-state index in [1.165, 1.54) is 0 Å². The lowest BCUT2D eigenvalue weighted by Gasteiger charge is -2.40. The smallest absolute Gasteiger partial charge is 0.166 e. The first-order chi connectivity index (χ1) is 18.7. The number of hydrogen-bond donors (Lipinski definition) is 0. The van der Waals surface area contributed by atoms with Crippen LogP contribution in [0.4, 0.5) is 0 Å². The Balaban J connectivity index is 1.26. The van der Waals surface area contributed by atoms with Crippen LogP contribution in [0, 0.1) is 0 Å². The highest BCUT2D eigenvalue weighted by Crippen LogP contribution is 2.50. The first kappa shape index (κ1) is 22.6. The lowest BCUT2D eigenvalue weighted by atomic mass is 9.61. The fraction of sp³-hybridized carbons (Fsp3) is 0.387. The van der Waals surface area contributed by atoms with Crippen molar-refractivity contribution < 1.29 is 33.2 Å². The normalized spacial score (nSPS) is 27.8.